The third kappa shape index (κ3) is 2.82. The maximum Gasteiger partial charge on any atom is 0.267 e. The molecule has 5 N–H and O–H groups in total. The second-order valence-electron chi connectivity index (χ2n) is 4.44. The number of amides is 1. The predicted molar refractivity (Wildman–Crippen MR) is 76.4 cm³/mol. The molecule has 1 aromatic heterocycles. The van der Waals surface area contributed by atoms with E-state index in [1.165, 1.54) is 11.6 Å². The molecule has 0 spiro atoms. The van der Waals surface area contributed by atoms with E-state index in [-0.39, 0.29) is 5.69 Å². The van der Waals surface area contributed by atoms with Crippen LogP contribution < -0.4 is 16.8 Å². The van der Waals surface area contributed by atoms with Crippen molar-refractivity contribution in [2.45, 2.75) is 13.8 Å². The number of nitrogens with two attached hydrogens (primary N) is 2. The van der Waals surface area contributed by atoms with Crippen LogP contribution in [-0.4, -0.2) is 10.9 Å². The number of aromatic nitrogens is 1. The van der Waals surface area contributed by atoms with Crippen molar-refractivity contribution >= 4 is 23.1 Å². The quantitative estimate of drug-likeness (QED) is 0.784. The van der Waals surface area contributed by atoms with Crippen LogP contribution in [0.4, 0.5) is 17.2 Å². The minimum atomic E-state index is -0.580. The first kappa shape index (κ1) is 12.9. The van der Waals surface area contributed by atoms with Gasteiger partial charge in [0, 0.05) is 5.69 Å². The van der Waals surface area contributed by atoms with Gasteiger partial charge in [0.15, 0.2) is 5.82 Å². The lowest BCUT2D eigenvalue weighted by Crippen LogP contribution is -2.14. The molecule has 0 aliphatic heterocycles. The number of benzene rings is 1. The molecule has 1 aromatic carbocycles. The van der Waals surface area contributed by atoms with Gasteiger partial charge in [-0.3, -0.25) is 4.79 Å². The fraction of sp³-hybridized carbons (Fsp3) is 0.143. The Balaban J connectivity index is 2.37. The number of carbonyl (C=O) groups excluding carboxylic acids is 1. The van der Waals surface area contributed by atoms with Crippen molar-refractivity contribution in [1.29, 1.82) is 0 Å². The molecule has 0 aliphatic carbocycles. The monoisotopic (exact) mass is 256 g/mol. The van der Waals surface area contributed by atoms with Crippen molar-refractivity contribution in [3.05, 3.63) is 47.2 Å². The zero-order chi connectivity index (χ0) is 14.0. The molecule has 0 unspecified atom stereocenters. The summed E-state index contributed by atoms with van der Waals surface area (Å²) >= 11 is 0. The van der Waals surface area contributed by atoms with Crippen LogP contribution >= 0.6 is 0 Å². The molecular weight excluding hydrogens is 240 g/mol. The van der Waals surface area contributed by atoms with Crippen LogP contribution in [-0.2, 0) is 0 Å². The molecule has 0 saturated heterocycles. The fourth-order valence-electron chi connectivity index (χ4n) is 1.79. The van der Waals surface area contributed by atoms with Gasteiger partial charge in [-0.15, -0.1) is 0 Å². The van der Waals surface area contributed by atoms with E-state index in [4.69, 9.17) is 11.5 Å². The first-order chi connectivity index (χ1) is 8.97. The summed E-state index contributed by atoms with van der Waals surface area (Å²) < 4.78 is 0. The number of nitrogens with one attached hydrogen (secondary N) is 1. The van der Waals surface area contributed by atoms with Gasteiger partial charge in [0.2, 0.25) is 0 Å². The van der Waals surface area contributed by atoms with Crippen molar-refractivity contribution in [3.8, 4) is 0 Å². The molecule has 0 radical (unpaired) electrons. The summed E-state index contributed by atoms with van der Waals surface area (Å²) in [5, 5.41) is 3.12. The summed E-state index contributed by atoms with van der Waals surface area (Å²) in [4.78, 5) is 15.2. The second-order valence-corrected chi connectivity index (χ2v) is 4.44. The van der Waals surface area contributed by atoms with Crippen LogP contribution in [0, 0.1) is 13.8 Å². The highest BCUT2D eigenvalue weighted by molar-refractivity contribution is 5.92. The third-order valence-electron chi connectivity index (χ3n) is 2.81. The summed E-state index contributed by atoms with van der Waals surface area (Å²) in [7, 11) is 0. The van der Waals surface area contributed by atoms with Gasteiger partial charge in [-0.05, 0) is 37.6 Å². The van der Waals surface area contributed by atoms with E-state index >= 15 is 0 Å². The maximum atomic E-state index is 11.1. The largest absolute Gasteiger partial charge is 0.396 e. The standard InChI is InChI=1S/C14H16N4O/c1-8-3-5-11(9(2)7-8)17-14-10(15)4-6-12(18-14)13(16)19/h3-7H,15H2,1-2H3,(H2,16,19)(H,17,18). The SMILES string of the molecule is Cc1ccc(Nc2nc(C(N)=O)ccc2N)c(C)c1. The lowest BCUT2D eigenvalue weighted by atomic mass is 10.1. The number of anilines is 3. The molecule has 0 aliphatic rings. The Morgan fingerprint density at radius 3 is 2.58 bits per heavy atom. The van der Waals surface area contributed by atoms with Gasteiger partial charge in [-0.1, -0.05) is 17.7 Å². The third-order valence-corrected chi connectivity index (χ3v) is 2.81. The van der Waals surface area contributed by atoms with E-state index in [1.54, 1.807) is 6.07 Å². The van der Waals surface area contributed by atoms with Crippen molar-refractivity contribution in [1.82, 2.24) is 4.98 Å². The summed E-state index contributed by atoms with van der Waals surface area (Å²) in [5.41, 5.74) is 14.8. The number of aryl methyl sites for hydroxylation is 2. The average molecular weight is 256 g/mol. The molecule has 5 nitrogen and oxygen atoms in total. The number of primary amides is 1. The van der Waals surface area contributed by atoms with Crippen LogP contribution in [0.15, 0.2) is 30.3 Å². The van der Waals surface area contributed by atoms with Crippen molar-refractivity contribution in [3.63, 3.8) is 0 Å². The Morgan fingerprint density at radius 1 is 1.21 bits per heavy atom. The van der Waals surface area contributed by atoms with Crippen LogP contribution in [0.3, 0.4) is 0 Å². The van der Waals surface area contributed by atoms with Gasteiger partial charge < -0.3 is 16.8 Å². The summed E-state index contributed by atoms with van der Waals surface area (Å²) in [6.07, 6.45) is 0. The summed E-state index contributed by atoms with van der Waals surface area (Å²) in [5.74, 6) is -0.146. The highest BCUT2D eigenvalue weighted by atomic mass is 16.1. The van der Waals surface area contributed by atoms with Crippen LogP contribution in [0.1, 0.15) is 21.6 Å². The van der Waals surface area contributed by atoms with Gasteiger partial charge in [0.05, 0.1) is 5.69 Å². The highest BCUT2D eigenvalue weighted by Crippen LogP contribution is 2.24. The number of nitrogens with zero attached hydrogens (tertiary/aromatic N) is 1. The van der Waals surface area contributed by atoms with E-state index in [0.29, 0.717) is 11.5 Å². The molecule has 5 heteroatoms. The van der Waals surface area contributed by atoms with Crippen LogP contribution in [0.25, 0.3) is 0 Å². The molecule has 2 rings (SSSR count). The van der Waals surface area contributed by atoms with Crippen LogP contribution in [0.5, 0.6) is 0 Å². The molecule has 19 heavy (non-hydrogen) atoms. The molecule has 1 amide bonds. The average Bonchev–Trinajstić information content (AvgIpc) is 2.34. The first-order valence-electron chi connectivity index (χ1n) is 5.88. The Kier molecular flexibility index (Phi) is 3.37. The Labute approximate surface area is 111 Å². The zero-order valence-corrected chi connectivity index (χ0v) is 10.9. The van der Waals surface area contributed by atoms with Gasteiger partial charge in [0.25, 0.3) is 5.91 Å². The fourth-order valence-corrected chi connectivity index (χ4v) is 1.79. The van der Waals surface area contributed by atoms with E-state index in [2.05, 4.69) is 16.4 Å². The minimum Gasteiger partial charge on any atom is -0.396 e. The van der Waals surface area contributed by atoms with Crippen molar-refractivity contribution in [2.75, 3.05) is 11.1 Å². The van der Waals surface area contributed by atoms with Crippen molar-refractivity contribution < 1.29 is 4.79 Å². The first-order valence-corrected chi connectivity index (χ1v) is 5.88. The molecule has 0 fully saturated rings. The number of nitrogen functional groups attached to an aromatic ring is 1. The molecule has 1 heterocycles. The molecule has 0 saturated carbocycles. The van der Waals surface area contributed by atoms with E-state index in [1.807, 2.05) is 26.0 Å². The normalized spacial score (nSPS) is 10.2. The lowest BCUT2D eigenvalue weighted by molar-refractivity contribution is 0.0996. The second kappa shape index (κ2) is 4.97. The van der Waals surface area contributed by atoms with Gasteiger partial charge in [-0.25, -0.2) is 4.98 Å². The number of carbonyl (C=O) groups is 1. The predicted octanol–water partition coefficient (Wildman–Crippen LogP) is 2.12. The van der Waals surface area contributed by atoms with Crippen molar-refractivity contribution in [2.24, 2.45) is 5.73 Å². The molecular formula is C14H16N4O. The number of hydrogen-bond acceptors (Lipinski definition) is 4. The lowest BCUT2D eigenvalue weighted by Gasteiger charge is -2.12. The number of rotatable bonds is 3. The summed E-state index contributed by atoms with van der Waals surface area (Å²) in [6, 6.07) is 9.10. The molecule has 2 aromatic rings. The minimum absolute atomic E-state index is 0.182. The summed E-state index contributed by atoms with van der Waals surface area (Å²) in [6.45, 7) is 4.01. The Bertz CT molecular complexity index is 637. The Hall–Kier alpha value is -2.56. The van der Waals surface area contributed by atoms with E-state index < -0.39 is 5.91 Å². The highest BCUT2D eigenvalue weighted by Gasteiger charge is 2.08. The van der Waals surface area contributed by atoms with Crippen LogP contribution in [0.2, 0.25) is 0 Å². The van der Waals surface area contributed by atoms with Gasteiger partial charge in [0.1, 0.15) is 5.69 Å². The van der Waals surface area contributed by atoms with E-state index in [0.717, 1.165) is 11.3 Å². The molecule has 0 atom stereocenters. The van der Waals surface area contributed by atoms with Gasteiger partial charge in [-0.2, -0.15) is 0 Å². The Morgan fingerprint density at radius 2 is 1.95 bits per heavy atom. The zero-order valence-electron chi connectivity index (χ0n) is 10.9. The smallest absolute Gasteiger partial charge is 0.267 e. The number of pyridine rings is 1. The maximum absolute atomic E-state index is 11.1. The van der Waals surface area contributed by atoms with E-state index in [9.17, 15) is 4.79 Å². The van der Waals surface area contributed by atoms with Gasteiger partial charge >= 0.3 is 0 Å². The topological polar surface area (TPSA) is 94.0 Å². The molecule has 0 bridgehead atoms. The molecule has 98 valence electrons. The number of hydrogen-bond donors (Lipinski definition) is 3.